The molecule has 1 N–H and O–H groups in total. The molecule has 0 bridgehead atoms. The summed E-state index contributed by atoms with van der Waals surface area (Å²) in [5.74, 6) is 0.570. The number of nitrogens with one attached hydrogen (secondary N) is 1. The molecule has 39 heavy (non-hydrogen) atoms. The number of aromatic nitrogens is 3. The Morgan fingerprint density at radius 3 is 2.49 bits per heavy atom. The van der Waals surface area contributed by atoms with Crippen LogP contribution in [0.3, 0.4) is 0 Å². The molecule has 196 valence electrons. The highest BCUT2D eigenvalue weighted by molar-refractivity contribution is 5.76. The average Bonchev–Trinajstić information content (AvgIpc) is 3.55. The standard InChI is InChI=1S/C32H30FN5O/c1-2-28-27-22-37(32(39)34-19-18-23-11-5-3-6-12-23)30(24-13-9-14-25(33)21-24)29-17-10-20-36(29)31(27)38(35-28)26-15-7-4-8-16-26/h3-17,20-21,30H,2,18-19,22H2,1H3,(H,34,39)/t30-/m0/s1. The molecule has 0 fully saturated rings. The van der Waals surface area contributed by atoms with Crippen molar-refractivity contribution < 1.29 is 9.18 Å². The van der Waals surface area contributed by atoms with Crippen LogP contribution in [0.15, 0.2) is 103 Å². The molecular formula is C32H30FN5O. The molecule has 2 aromatic heterocycles. The summed E-state index contributed by atoms with van der Waals surface area (Å²) < 4.78 is 18.6. The van der Waals surface area contributed by atoms with Gasteiger partial charge in [-0.2, -0.15) is 5.10 Å². The Morgan fingerprint density at radius 1 is 0.974 bits per heavy atom. The van der Waals surface area contributed by atoms with E-state index in [0.29, 0.717) is 19.5 Å². The molecule has 0 aliphatic carbocycles. The van der Waals surface area contributed by atoms with Gasteiger partial charge in [-0.25, -0.2) is 13.9 Å². The van der Waals surface area contributed by atoms with Crippen LogP contribution in [0.1, 0.15) is 41.0 Å². The van der Waals surface area contributed by atoms with Crippen LogP contribution in [0.4, 0.5) is 9.18 Å². The topological polar surface area (TPSA) is 55.1 Å². The number of urea groups is 1. The second-order valence-electron chi connectivity index (χ2n) is 9.71. The molecule has 3 heterocycles. The second-order valence-corrected chi connectivity index (χ2v) is 9.71. The maximum absolute atomic E-state index is 14.5. The monoisotopic (exact) mass is 519 g/mol. The molecule has 6 rings (SSSR count). The molecular weight excluding hydrogens is 489 g/mol. The Bertz CT molecular complexity index is 1590. The van der Waals surface area contributed by atoms with Crippen LogP contribution in [0.5, 0.6) is 0 Å². The van der Waals surface area contributed by atoms with Crippen LogP contribution < -0.4 is 5.32 Å². The van der Waals surface area contributed by atoms with Crippen molar-refractivity contribution in [2.45, 2.75) is 32.4 Å². The molecule has 1 aliphatic rings. The van der Waals surface area contributed by atoms with E-state index in [-0.39, 0.29) is 11.8 Å². The number of rotatable bonds is 6. The zero-order valence-electron chi connectivity index (χ0n) is 21.8. The number of carbonyl (C=O) groups is 1. The molecule has 2 amide bonds. The highest BCUT2D eigenvalue weighted by atomic mass is 19.1. The minimum Gasteiger partial charge on any atom is -0.338 e. The Balaban J connectivity index is 1.46. The third-order valence-electron chi connectivity index (χ3n) is 7.26. The molecule has 7 heteroatoms. The number of hydrogen-bond donors (Lipinski definition) is 1. The molecule has 0 saturated carbocycles. The van der Waals surface area contributed by atoms with Crippen LogP contribution in [0, 0.1) is 5.82 Å². The number of benzene rings is 3. The van der Waals surface area contributed by atoms with Gasteiger partial charge in [-0.3, -0.25) is 0 Å². The van der Waals surface area contributed by atoms with E-state index in [1.807, 2.05) is 82.5 Å². The summed E-state index contributed by atoms with van der Waals surface area (Å²) in [6.07, 6.45) is 3.43. The number of amides is 2. The van der Waals surface area contributed by atoms with Gasteiger partial charge in [0.25, 0.3) is 0 Å². The summed E-state index contributed by atoms with van der Waals surface area (Å²) in [5.41, 5.74) is 5.60. The van der Waals surface area contributed by atoms with Crippen molar-refractivity contribution >= 4 is 6.03 Å². The van der Waals surface area contributed by atoms with E-state index in [0.717, 1.165) is 46.0 Å². The summed E-state index contributed by atoms with van der Waals surface area (Å²) in [6, 6.07) is 29.9. The SMILES string of the molecule is CCc1nn(-c2ccccc2)c2c1CN(C(=O)NCCc1ccccc1)[C@@H](c1cccc(F)c1)c1cccn1-2. The van der Waals surface area contributed by atoms with E-state index in [4.69, 9.17) is 5.10 Å². The largest absolute Gasteiger partial charge is 0.338 e. The summed E-state index contributed by atoms with van der Waals surface area (Å²) >= 11 is 0. The third-order valence-corrected chi connectivity index (χ3v) is 7.26. The molecule has 5 aromatic rings. The normalized spacial score (nSPS) is 14.4. The molecule has 0 saturated heterocycles. The lowest BCUT2D eigenvalue weighted by atomic mass is 10.0. The van der Waals surface area contributed by atoms with E-state index in [1.54, 1.807) is 6.07 Å². The second kappa shape index (κ2) is 10.6. The first-order chi connectivity index (χ1) is 19.1. The third kappa shape index (κ3) is 4.72. The van der Waals surface area contributed by atoms with Crippen molar-refractivity contribution in [2.24, 2.45) is 0 Å². The van der Waals surface area contributed by atoms with Gasteiger partial charge in [-0.05, 0) is 60.4 Å². The summed E-state index contributed by atoms with van der Waals surface area (Å²) in [6.45, 7) is 2.91. The van der Waals surface area contributed by atoms with Gasteiger partial charge in [0.1, 0.15) is 11.6 Å². The van der Waals surface area contributed by atoms with E-state index in [1.165, 1.54) is 12.1 Å². The van der Waals surface area contributed by atoms with Crippen LogP contribution in [0.2, 0.25) is 0 Å². The van der Waals surface area contributed by atoms with E-state index in [2.05, 4.69) is 28.9 Å². The van der Waals surface area contributed by atoms with Gasteiger partial charge in [-0.1, -0.05) is 67.6 Å². The molecule has 1 aliphatic heterocycles. The van der Waals surface area contributed by atoms with Gasteiger partial charge in [0.05, 0.1) is 29.7 Å². The molecule has 6 nitrogen and oxygen atoms in total. The lowest BCUT2D eigenvalue weighted by Crippen LogP contribution is -2.42. The quantitative estimate of drug-likeness (QED) is 0.290. The first-order valence-electron chi connectivity index (χ1n) is 13.3. The number of nitrogens with zero attached hydrogens (tertiary/aromatic N) is 4. The maximum Gasteiger partial charge on any atom is 0.318 e. The molecule has 0 spiro atoms. The van der Waals surface area contributed by atoms with Crippen molar-refractivity contribution in [1.29, 1.82) is 0 Å². The van der Waals surface area contributed by atoms with Gasteiger partial charge in [0.2, 0.25) is 0 Å². The molecule has 3 aromatic carbocycles. The minimum absolute atomic E-state index is 0.199. The van der Waals surface area contributed by atoms with Gasteiger partial charge in [0.15, 0.2) is 0 Å². The van der Waals surface area contributed by atoms with Gasteiger partial charge in [-0.15, -0.1) is 0 Å². The van der Waals surface area contributed by atoms with E-state index in [9.17, 15) is 9.18 Å². The lowest BCUT2D eigenvalue weighted by Gasteiger charge is -2.31. The predicted octanol–water partition coefficient (Wildman–Crippen LogP) is 6.22. The molecule has 0 unspecified atom stereocenters. The van der Waals surface area contributed by atoms with E-state index >= 15 is 0 Å². The first-order valence-corrected chi connectivity index (χ1v) is 13.3. The molecule has 1 atom stereocenters. The first kappa shape index (κ1) is 24.7. The fraction of sp³-hybridized carbons (Fsp3) is 0.188. The van der Waals surface area contributed by atoms with Crippen molar-refractivity contribution in [2.75, 3.05) is 6.54 Å². The highest BCUT2D eigenvalue weighted by Crippen LogP contribution is 2.38. The number of halogens is 1. The summed E-state index contributed by atoms with van der Waals surface area (Å²) in [7, 11) is 0. The van der Waals surface area contributed by atoms with Crippen LogP contribution >= 0.6 is 0 Å². The zero-order valence-corrected chi connectivity index (χ0v) is 21.8. The summed E-state index contributed by atoms with van der Waals surface area (Å²) in [4.78, 5) is 15.7. The Hall–Kier alpha value is -4.65. The molecule has 0 radical (unpaired) electrons. The fourth-order valence-electron chi connectivity index (χ4n) is 5.44. The highest BCUT2D eigenvalue weighted by Gasteiger charge is 2.36. The zero-order chi connectivity index (χ0) is 26.8. The number of aryl methyl sites for hydroxylation is 1. The lowest BCUT2D eigenvalue weighted by molar-refractivity contribution is 0.180. The number of hydrogen-bond acceptors (Lipinski definition) is 2. The number of carbonyl (C=O) groups excluding carboxylic acids is 1. The van der Waals surface area contributed by atoms with Crippen LogP contribution in [-0.4, -0.2) is 31.8 Å². The Kier molecular flexibility index (Phi) is 6.71. The Morgan fingerprint density at radius 2 is 1.74 bits per heavy atom. The fourth-order valence-corrected chi connectivity index (χ4v) is 5.44. The van der Waals surface area contributed by atoms with Crippen molar-refractivity contribution in [3.63, 3.8) is 0 Å². The van der Waals surface area contributed by atoms with Gasteiger partial charge < -0.3 is 14.8 Å². The van der Waals surface area contributed by atoms with Crippen LogP contribution in [0.25, 0.3) is 11.5 Å². The predicted molar refractivity (Wildman–Crippen MR) is 150 cm³/mol. The van der Waals surface area contributed by atoms with Crippen molar-refractivity contribution in [1.82, 2.24) is 24.6 Å². The van der Waals surface area contributed by atoms with E-state index < -0.39 is 6.04 Å². The van der Waals surface area contributed by atoms with Crippen molar-refractivity contribution in [3.8, 4) is 11.5 Å². The van der Waals surface area contributed by atoms with Crippen LogP contribution in [-0.2, 0) is 19.4 Å². The maximum atomic E-state index is 14.5. The smallest absolute Gasteiger partial charge is 0.318 e. The summed E-state index contributed by atoms with van der Waals surface area (Å²) in [5, 5.41) is 8.12. The van der Waals surface area contributed by atoms with Gasteiger partial charge >= 0.3 is 6.03 Å². The number of fused-ring (bicyclic) bond motifs is 3. The van der Waals surface area contributed by atoms with Gasteiger partial charge in [0, 0.05) is 18.3 Å². The number of para-hydroxylation sites is 1. The Labute approximate surface area is 227 Å². The minimum atomic E-state index is -0.492. The van der Waals surface area contributed by atoms with Crippen molar-refractivity contribution in [3.05, 3.63) is 137 Å². The average molecular weight is 520 g/mol.